The van der Waals surface area contributed by atoms with Crippen molar-refractivity contribution in [2.75, 3.05) is 7.11 Å². The van der Waals surface area contributed by atoms with Crippen molar-refractivity contribution in [1.82, 2.24) is 0 Å². The monoisotopic (exact) mass is 230 g/mol. The quantitative estimate of drug-likeness (QED) is 0.847. The van der Waals surface area contributed by atoms with E-state index in [9.17, 15) is 5.11 Å². The maximum Gasteiger partial charge on any atom is 0.120 e. The van der Waals surface area contributed by atoms with Gasteiger partial charge in [0.1, 0.15) is 5.75 Å². The highest BCUT2D eigenvalue weighted by Crippen LogP contribution is 2.24. The van der Waals surface area contributed by atoms with Gasteiger partial charge < -0.3 is 9.84 Å². The molecule has 0 aromatic heterocycles. The molecule has 3 heteroatoms. The maximum atomic E-state index is 9.29. The lowest BCUT2D eigenvalue weighted by atomic mass is 10.1. The molecule has 0 heterocycles. The first-order chi connectivity index (χ1) is 5.63. The summed E-state index contributed by atoms with van der Waals surface area (Å²) in [4.78, 5) is 0. The number of methoxy groups -OCH3 is 1. The summed E-state index contributed by atoms with van der Waals surface area (Å²) in [5, 5.41) is 9.29. The van der Waals surface area contributed by atoms with Crippen molar-refractivity contribution in [2.45, 2.75) is 13.0 Å². The highest BCUT2D eigenvalue weighted by molar-refractivity contribution is 9.10. The van der Waals surface area contributed by atoms with E-state index in [2.05, 4.69) is 15.9 Å². The van der Waals surface area contributed by atoms with Gasteiger partial charge >= 0.3 is 0 Å². The van der Waals surface area contributed by atoms with E-state index in [0.29, 0.717) is 0 Å². The average molecular weight is 231 g/mol. The van der Waals surface area contributed by atoms with Crippen molar-refractivity contribution in [3.63, 3.8) is 0 Å². The predicted molar refractivity (Wildman–Crippen MR) is 51.3 cm³/mol. The van der Waals surface area contributed by atoms with Gasteiger partial charge in [-0.25, -0.2) is 0 Å². The van der Waals surface area contributed by atoms with E-state index in [1.165, 1.54) is 0 Å². The highest BCUT2D eigenvalue weighted by atomic mass is 79.9. The van der Waals surface area contributed by atoms with Gasteiger partial charge in [0.05, 0.1) is 13.2 Å². The largest absolute Gasteiger partial charge is 0.497 e. The Kier molecular flexibility index (Phi) is 3.12. The number of benzene rings is 1. The molecule has 12 heavy (non-hydrogen) atoms. The minimum atomic E-state index is -0.462. The Bertz CT molecular complexity index is 271. The third-order valence-electron chi connectivity index (χ3n) is 1.61. The van der Waals surface area contributed by atoms with Crippen molar-refractivity contribution in [3.8, 4) is 5.75 Å². The zero-order valence-corrected chi connectivity index (χ0v) is 8.63. The number of halogens is 1. The first-order valence-corrected chi connectivity index (χ1v) is 4.45. The molecule has 0 aliphatic heterocycles. The molecular formula is C9H11BrO2. The van der Waals surface area contributed by atoms with Crippen molar-refractivity contribution in [3.05, 3.63) is 28.2 Å². The summed E-state index contributed by atoms with van der Waals surface area (Å²) in [6, 6.07) is 5.54. The molecule has 0 saturated carbocycles. The van der Waals surface area contributed by atoms with E-state index in [1.54, 1.807) is 14.0 Å². The Morgan fingerprint density at radius 1 is 1.42 bits per heavy atom. The molecule has 1 atom stereocenters. The van der Waals surface area contributed by atoms with Crippen LogP contribution >= 0.6 is 15.9 Å². The number of hydrogen-bond donors (Lipinski definition) is 1. The summed E-state index contributed by atoms with van der Waals surface area (Å²) in [5.74, 6) is 0.750. The second-order valence-electron chi connectivity index (χ2n) is 2.60. The van der Waals surface area contributed by atoms with Gasteiger partial charge in [0.15, 0.2) is 0 Å². The molecular weight excluding hydrogens is 220 g/mol. The molecule has 0 fully saturated rings. The molecule has 1 rings (SSSR count). The Morgan fingerprint density at radius 3 is 2.58 bits per heavy atom. The molecule has 1 N–H and O–H groups in total. The van der Waals surface area contributed by atoms with Crippen LogP contribution in [-0.4, -0.2) is 12.2 Å². The molecule has 1 unspecified atom stereocenters. The zero-order chi connectivity index (χ0) is 9.14. The summed E-state index contributed by atoms with van der Waals surface area (Å²) in [6.45, 7) is 1.72. The van der Waals surface area contributed by atoms with Gasteiger partial charge in [0, 0.05) is 4.47 Å². The summed E-state index contributed by atoms with van der Waals surface area (Å²) in [6.07, 6.45) is -0.462. The van der Waals surface area contributed by atoms with Crippen LogP contribution in [0.15, 0.2) is 22.7 Å². The number of hydrogen-bond acceptors (Lipinski definition) is 2. The molecule has 1 aromatic carbocycles. The SMILES string of the molecule is COc1cc(Br)cc(C(C)O)c1. The van der Waals surface area contributed by atoms with E-state index < -0.39 is 6.10 Å². The zero-order valence-electron chi connectivity index (χ0n) is 7.04. The van der Waals surface area contributed by atoms with Crippen molar-refractivity contribution in [1.29, 1.82) is 0 Å². The van der Waals surface area contributed by atoms with Gasteiger partial charge in [-0.3, -0.25) is 0 Å². The summed E-state index contributed by atoms with van der Waals surface area (Å²) >= 11 is 3.33. The van der Waals surface area contributed by atoms with Gasteiger partial charge in [0.2, 0.25) is 0 Å². The molecule has 0 bridgehead atoms. The number of aliphatic hydroxyl groups is 1. The third-order valence-corrected chi connectivity index (χ3v) is 2.07. The van der Waals surface area contributed by atoms with E-state index in [1.807, 2.05) is 18.2 Å². The van der Waals surface area contributed by atoms with Crippen LogP contribution in [0.1, 0.15) is 18.6 Å². The minimum absolute atomic E-state index is 0.462. The van der Waals surface area contributed by atoms with E-state index in [0.717, 1.165) is 15.8 Å². The lowest BCUT2D eigenvalue weighted by molar-refractivity contribution is 0.198. The second kappa shape index (κ2) is 3.92. The molecule has 66 valence electrons. The van der Waals surface area contributed by atoms with Gasteiger partial charge in [-0.2, -0.15) is 0 Å². The predicted octanol–water partition coefficient (Wildman–Crippen LogP) is 2.51. The molecule has 0 aliphatic rings. The average Bonchev–Trinajstić information content (AvgIpc) is 2.03. The molecule has 0 spiro atoms. The van der Waals surface area contributed by atoms with Crippen LogP contribution in [0.5, 0.6) is 5.75 Å². The summed E-state index contributed by atoms with van der Waals surface area (Å²) in [7, 11) is 1.60. The van der Waals surface area contributed by atoms with Gasteiger partial charge in [-0.05, 0) is 30.7 Å². The van der Waals surface area contributed by atoms with Crippen LogP contribution in [0.2, 0.25) is 0 Å². The van der Waals surface area contributed by atoms with Crippen LogP contribution in [-0.2, 0) is 0 Å². The minimum Gasteiger partial charge on any atom is -0.497 e. The van der Waals surface area contributed by atoms with Crippen LogP contribution in [0, 0.1) is 0 Å². The van der Waals surface area contributed by atoms with Crippen LogP contribution in [0.25, 0.3) is 0 Å². The van der Waals surface area contributed by atoms with E-state index >= 15 is 0 Å². The van der Waals surface area contributed by atoms with Gasteiger partial charge in [-0.1, -0.05) is 15.9 Å². The lowest BCUT2D eigenvalue weighted by Crippen LogP contribution is -1.92. The van der Waals surface area contributed by atoms with Crippen LogP contribution in [0.4, 0.5) is 0 Å². The van der Waals surface area contributed by atoms with Crippen molar-refractivity contribution >= 4 is 15.9 Å². The van der Waals surface area contributed by atoms with E-state index in [4.69, 9.17) is 4.74 Å². The Labute approximate surface area is 80.3 Å². The first kappa shape index (κ1) is 9.55. The Balaban J connectivity index is 3.06. The topological polar surface area (TPSA) is 29.5 Å². The summed E-state index contributed by atoms with van der Waals surface area (Å²) < 4.78 is 5.96. The maximum absolute atomic E-state index is 9.29. The molecule has 1 aromatic rings. The first-order valence-electron chi connectivity index (χ1n) is 3.66. The lowest BCUT2D eigenvalue weighted by Gasteiger charge is -2.07. The Hall–Kier alpha value is -0.540. The van der Waals surface area contributed by atoms with E-state index in [-0.39, 0.29) is 0 Å². The van der Waals surface area contributed by atoms with Crippen molar-refractivity contribution < 1.29 is 9.84 Å². The molecule has 0 amide bonds. The molecule has 0 aliphatic carbocycles. The van der Waals surface area contributed by atoms with Crippen molar-refractivity contribution in [2.24, 2.45) is 0 Å². The van der Waals surface area contributed by atoms with Gasteiger partial charge in [-0.15, -0.1) is 0 Å². The second-order valence-corrected chi connectivity index (χ2v) is 3.52. The standard InChI is InChI=1S/C9H11BrO2/c1-6(11)7-3-8(10)5-9(4-7)12-2/h3-6,11H,1-2H3. The fourth-order valence-electron chi connectivity index (χ4n) is 0.943. The third kappa shape index (κ3) is 2.22. The fourth-order valence-corrected chi connectivity index (χ4v) is 1.43. The van der Waals surface area contributed by atoms with Gasteiger partial charge in [0.25, 0.3) is 0 Å². The Morgan fingerprint density at radius 2 is 2.08 bits per heavy atom. The van der Waals surface area contributed by atoms with Crippen LogP contribution in [0.3, 0.4) is 0 Å². The fraction of sp³-hybridized carbons (Fsp3) is 0.333. The normalized spacial score (nSPS) is 12.7. The summed E-state index contributed by atoms with van der Waals surface area (Å²) in [5.41, 5.74) is 0.848. The smallest absolute Gasteiger partial charge is 0.120 e. The molecule has 2 nitrogen and oxygen atoms in total. The molecule has 0 saturated heterocycles. The number of rotatable bonds is 2. The van der Waals surface area contributed by atoms with Crippen LogP contribution < -0.4 is 4.74 Å². The molecule has 0 radical (unpaired) electrons. The number of aliphatic hydroxyl groups excluding tert-OH is 1. The highest BCUT2D eigenvalue weighted by Gasteiger charge is 2.03. The number of ether oxygens (including phenoxy) is 1.